The molecule has 1 aliphatic heterocycles. The number of benzene rings is 2. The number of fused-ring (bicyclic) bond motifs is 3. The highest BCUT2D eigenvalue weighted by Gasteiger charge is 2.47. The minimum Gasteiger partial charge on any atom is -0.484 e. The van der Waals surface area contributed by atoms with Crippen molar-refractivity contribution in [1.29, 1.82) is 0 Å². The third-order valence-electron chi connectivity index (χ3n) is 7.17. The van der Waals surface area contributed by atoms with Crippen LogP contribution in [-0.4, -0.2) is 54.8 Å². The number of hydrogen-bond acceptors (Lipinski definition) is 6. The van der Waals surface area contributed by atoms with E-state index in [-0.39, 0.29) is 23.6 Å². The number of halogens is 3. The van der Waals surface area contributed by atoms with Crippen LogP contribution < -0.4 is 15.4 Å². The highest BCUT2D eigenvalue weighted by molar-refractivity contribution is 7.91. The van der Waals surface area contributed by atoms with Crippen LogP contribution in [0.25, 0.3) is 5.69 Å². The maximum absolute atomic E-state index is 13.7. The van der Waals surface area contributed by atoms with E-state index in [1.54, 1.807) is 18.2 Å². The number of carbonyl (C=O) groups excluding carboxylic acids is 2. The molecule has 0 radical (unpaired) electrons. The molecule has 2 aliphatic rings. The van der Waals surface area contributed by atoms with E-state index in [0.29, 0.717) is 24.2 Å². The predicted octanol–water partition coefficient (Wildman–Crippen LogP) is 3.88. The molecule has 1 atom stereocenters. The Balaban J connectivity index is 1.53. The number of nitrogens with zero attached hydrogens (tertiary/aromatic N) is 2. The van der Waals surface area contributed by atoms with Crippen LogP contribution in [0.2, 0.25) is 0 Å². The Bertz CT molecular complexity index is 1630. The van der Waals surface area contributed by atoms with Gasteiger partial charge in [-0.2, -0.15) is 18.3 Å². The van der Waals surface area contributed by atoms with E-state index in [2.05, 4.69) is 10.6 Å². The van der Waals surface area contributed by atoms with Crippen molar-refractivity contribution in [3.8, 4) is 11.4 Å². The van der Waals surface area contributed by atoms with Crippen molar-refractivity contribution in [2.24, 2.45) is 0 Å². The summed E-state index contributed by atoms with van der Waals surface area (Å²) in [5, 5.41) is 10.4. The molecular formula is C28H29F3N4O5S. The fourth-order valence-corrected chi connectivity index (χ4v) is 6.12. The molecule has 5 rings (SSSR count). The van der Waals surface area contributed by atoms with Crippen molar-refractivity contribution in [1.82, 2.24) is 15.1 Å². The van der Waals surface area contributed by atoms with Gasteiger partial charge in [-0.3, -0.25) is 9.59 Å². The summed E-state index contributed by atoms with van der Waals surface area (Å²) in [4.78, 5) is 26.3. The molecule has 1 aromatic heterocycles. The van der Waals surface area contributed by atoms with E-state index in [4.69, 9.17) is 9.84 Å². The summed E-state index contributed by atoms with van der Waals surface area (Å²) < 4.78 is 67.8. The minimum atomic E-state index is -4.46. The van der Waals surface area contributed by atoms with Gasteiger partial charge in [-0.25, -0.2) is 13.1 Å². The molecule has 13 heteroatoms. The van der Waals surface area contributed by atoms with Crippen molar-refractivity contribution in [2.45, 2.75) is 50.7 Å². The molecule has 0 saturated heterocycles. The molecule has 2 N–H and O–H groups in total. The lowest BCUT2D eigenvalue weighted by Crippen LogP contribution is -2.49. The molecular weight excluding hydrogens is 561 g/mol. The Morgan fingerprint density at radius 1 is 1.22 bits per heavy atom. The topological polar surface area (TPSA) is 119 Å². The van der Waals surface area contributed by atoms with Crippen molar-refractivity contribution in [3.05, 3.63) is 70.4 Å². The summed E-state index contributed by atoms with van der Waals surface area (Å²) in [6.07, 6.45) is -0.542. The lowest BCUT2D eigenvalue weighted by Gasteiger charge is -2.35. The Labute approximate surface area is 235 Å². The van der Waals surface area contributed by atoms with E-state index in [1.165, 1.54) is 10.7 Å². The number of nitrogens with one attached hydrogen (secondary N) is 2. The molecule has 9 nitrogen and oxygen atoms in total. The summed E-state index contributed by atoms with van der Waals surface area (Å²) in [5.74, 6) is -1.90. The fourth-order valence-electron chi connectivity index (χ4n) is 5.57. The van der Waals surface area contributed by atoms with Gasteiger partial charge in [-0.15, -0.1) is 0 Å². The number of hydrogen-bond donors (Lipinski definition) is 2. The molecule has 1 spiro atoms. The van der Waals surface area contributed by atoms with E-state index >= 15 is 0 Å². The first-order valence-electron chi connectivity index (χ1n) is 13.1. The Kier molecular flexibility index (Phi) is 7.35. The standard InChI is InChI=1S/C28H29F3N4O5S/c1-3-5-17-6-4-7-19(12-17)35-25(32-23(36)15-41(2,38)39)24-22(34-35)14-27(33-26(24)37)11-10-18-13-20(8-9-21(18)27)40-16-28(29,30)31/h4,6-9,12-13H,3,5,10-11,14-16H2,1-2H3,(H,32,36)(H,33,37)/t27-/m0/s1. The van der Waals surface area contributed by atoms with E-state index in [0.717, 1.165) is 35.8 Å². The van der Waals surface area contributed by atoms with Crippen LogP contribution in [0.4, 0.5) is 19.0 Å². The van der Waals surface area contributed by atoms with Crippen LogP contribution in [0.15, 0.2) is 42.5 Å². The molecule has 1 aliphatic carbocycles. The van der Waals surface area contributed by atoms with Gasteiger partial charge in [0.2, 0.25) is 5.91 Å². The summed E-state index contributed by atoms with van der Waals surface area (Å²) in [5.41, 5.74) is 2.85. The predicted molar refractivity (Wildman–Crippen MR) is 145 cm³/mol. The second kappa shape index (κ2) is 10.5. The zero-order valence-electron chi connectivity index (χ0n) is 22.5. The molecule has 0 fully saturated rings. The van der Waals surface area contributed by atoms with Crippen LogP contribution in [0.3, 0.4) is 0 Å². The average molecular weight is 591 g/mol. The summed E-state index contributed by atoms with van der Waals surface area (Å²) >= 11 is 0. The monoisotopic (exact) mass is 590 g/mol. The molecule has 2 amide bonds. The summed E-state index contributed by atoms with van der Waals surface area (Å²) in [6, 6.07) is 12.2. The lowest BCUT2D eigenvalue weighted by atomic mass is 9.82. The van der Waals surface area contributed by atoms with Gasteiger partial charge in [-0.1, -0.05) is 31.5 Å². The summed E-state index contributed by atoms with van der Waals surface area (Å²) in [6.45, 7) is 0.645. The molecule has 3 aromatic rings. The molecule has 0 bridgehead atoms. The maximum atomic E-state index is 13.7. The third kappa shape index (κ3) is 6.09. The molecule has 0 saturated carbocycles. The smallest absolute Gasteiger partial charge is 0.422 e. The second-order valence-corrected chi connectivity index (χ2v) is 12.7. The number of carbonyl (C=O) groups is 2. The van der Waals surface area contributed by atoms with Gasteiger partial charge < -0.3 is 15.4 Å². The van der Waals surface area contributed by atoms with Crippen LogP contribution in [0.5, 0.6) is 5.75 Å². The number of sulfone groups is 1. The van der Waals surface area contributed by atoms with Crippen molar-refractivity contribution in [2.75, 3.05) is 23.9 Å². The number of aryl methyl sites for hydroxylation is 2. The number of aromatic nitrogens is 2. The third-order valence-corrected chi connectivity index (χ3v) is 7.95. The van der Waals surface area contributed by atoms with Gasteiger partial charge in [0, 0.05) is 12.7 Å². The quantitative estimate of drug-likeness (QED) is 0.411. The summed E-state index contributed by atoms with van der Waals surface area (Å²) in [7, 11) is -3.64. The number of anilines is 1. The normalized spacial score (nSPS) is 18.1. The Morgan fingerprint density at radius 3 is 2.71 bits per heavy atom. The maximum Gasteiger partial charge on any atom is 0.422 e. The van der Waals surface area contributed by atoms with Gasteiger partial charge in [0.25, 0.3) is 5.91 Å². The highest BCUT2D eigenvalue weighted by Crippen LogP contribution is 2.44. The first-order valence-corrected chi connectivity index (χ1v) is 15.2. The van der Waals surface area contributed by atoms with Crippen molar-refractivity contribution >= 4 is 27.5 Å². The lowest BCUT2D eigenvalue weighted by molar-refractivity contribution is -0.153. The van der Waals surface area contributed by atoms with E-state index < -0.39 is 45.7 Å². The first-order chi connectivity index (χ1) is 19.3. The van der Waals surface area contributed by atoms with Crippen LogP contribution in [0.1, 0.15) is 52.5 Å². The Morgan fingerprint density at radius 2 is 2.00 bits per heavy atom. The SMILES string of the molecule is CCCc1cccc(-n2nc3c(c2NC(=O)CS(C)(=O)=O)C(=O)N[C@@]2(CCc4cc(OCC(F)(F)F)ccc42)C3)c1. The number of amides is 2. The second-order valence-electron chi connectivity index (χ2n) is 10.6. The van der Waals surface area contributed by atoms with Crippen molar-refractivity contribution in [3.63, 3.8) is 0 Å². The first kappa shape index (κ1) is 28.7. The van der Waals surface area contributed by atoms with Crippen LogP contribution >= 0.6 is 0 Å². The molecule has 2 heterocycles. The van der Waals surface area contributed by atoms with Gasteiger partial charge in [-0.05, 0) is 60.2 Å². The average Bonchev–Trinajstić information content (AvgIpc) is 3.40. The number of rotatable bonds is 8. The van der Waals surface area contributed by atoms with Crippen molar-refractivity contribution < 1.29 is 35.9 Å². The largest absolute Gasteiger partial charge is 0.484 e. The minimum absolute atomic E-state index is 0.0729. The van der Waals surface area contributed by atoms with E-state index in [9.17, 15) is 31.2 Å². The zero-order valence-corrected chi connectivity index (χ0v) is 23.3. The van der Waals surface area contributed by atoms with E-state index in [1.807, 2.05) is 25.1 Å². The highest BCUT2D eigenvalue weighted by atomic mass is 32.2. The van der Waals surface area contributed by atoms with Crippen LogP contribution in [0, 0.1) is 0 Å². The van der Waals surface area contributed by atoms with Gasteiger partial charge in [0.05, 0.1) is 16.9 Å². The van der Waals surface area contributed by atoms with Gasteiger partial charge >= 0.3 is 6.18 Å². The molecule has 218 valence electrons. The number of alkyl halides is 3. The van der Waals surface area contributed by atoms with Gasteiger partial charge in [0.1, 0.15) is 22.9 Å². The fraction of sp³-hybridized carbons (Fsp3) is 0.393. The number of ether oxygens (including phenoxy) is 1. The molecule has 41 heavy (non-hydrogen) atoms. The molecule has 0 unspecified atom stereocenters. The molecule has 2 aromatic carbocycles. The zero-order chi connectivity index (χ0) is 29.6. The van der Waals surface area contributed by atoms with Gasteiger partial charge in [0.15, 0.2) is 16.4 Å². The van der Waals surface area contributed by atoms with Crippen LogP contribution in [-0.2, 0) is 39.4 Å². The Hall–Kier alpha value is -3.87.